The highest BCUT2D eigenvalue weighted by Gasteiger charge is 2.06. The number of rotatable bonds is 2. The number of hydrogen-bond acceptors (Lipinski definition) is 3. The van der Waals surface area contributed by atoms with E-state index in [4.69, 9.17) is 5.73 Å². The molecule has 12 heavy (non-hydrogen) atoms. The number of aryl methyl sites for hydroxylation is 1. The Kier molecular flexibility index (Phi) is 2.23. The summed E-state index contributed by atoms with van der Waals surface area (Å²) in [7, 11) is 0. The summed E-state index contributed by atoms with van der Waals surface area (Å²) in [5, 5.41) is 0. The quantitative estimate of drug-likeness (QED) is 0.636. The second-order valence-corrected chi connectivity index (χ2v) is 2.29. The van der Waals surface area contributed by atoms with Crippen LogP contribution in [0.5, 0.6) is 0 Å². The molecular weight excluding hydrogens is 158 g/mol. The molecule has 0 spiro atoms. The van der Waals surface area contributed by atoms with Crippen LogP contribution in [0.2, 0.25) is 0 Å². The van der Waals surface area contributed by atoms with Crippen LogP contribution in [0.4, 0.5) is 0 Å². The van der Waals surface area contributed by atoms with Gasteiger partial charge in [0.1, 0.15) is 5.56 Å². The van der Waals surface area contributed by atoms with Crippen molar-refractivity contribution in [3.05, 3.63) is 28.4 Å². The first kappa shape index (κ1) is 8.45. The lowest BCUT2D eigenvalue weighted by Gasteiger charge is -2.00. The van der Waals surface area contributed by atoms with Crippen LogP contribution < -0.4 is 11.3 Å². The maximum Gasteiger partial charge on any atom is 0.285 e. The van der Waals surface area contributed by atoms with Gasteiger partial charge in [0.25, 0.3) is 11.5 Å². The van der Waals surface area contributed by atoms with Gasteiger partial charge in [0.2, 0.25) is 0 Å². The standard InChI is InChI=1S/C7H9N3O2/c1-2-10-3-5(6(8)11)7(12)9-4-10/h3-4H,2H2,1H3,(H2,8,11). The van der Waals surface area contributed by atoms with Gasteiger partial charge in [-0.1, -0.05) is 0 Å². The molecule has 0 saturated carbocycles. The average molecular weight is 167 g/mol. The molecule has 1 rings (SSSR count). The number of aromatic nitrogens is 2. The second-order valence-electron chi connectivity index (χ2n) is 2.29. The molecule has 0 saturated heterocycles. The molecule has 0 atom stereocenters. The normalized spacial score (nSPS) is 9.75. The van der Waals surface area contributed by atoms with Crippen molar-refractivity contribution in [1.29, 1.82) is 0 Å². The van der Waals surface area contributed by atoms with E-state index in [1.54, 1.807) is 4.57 Å². The van der Waals surface area contributed by atoms with Crippen LogP contribution in [-0.4, -0.2) is 15.5 Å². The number of primary amides is 1. The third kappa shape index (κ3) is 1.50. The molecule has 0 fully saturated rings. The Morgan fingerprint density at radius 2 is 2.42 bits per heavy atom. The molecule has 0 bridgehead atoms. The first-order valence-corrected chi connectivity index (χ1v) is 3.51. The fourth-order valence-electron chi connectivity index (χ4n) is 0.792. The van der Waals surface area contributed by atoms with Gasteiger partial charge in [-0.3, -0.25) is 9.59 Å². The molecular formula is C7H9N3O2. The molecule has 0 aliphatic heterocycles. The summed E-state index contributed by atoms with van der Waals surface area (Å²) in [4.78, 5) is 25.0. The zero-order valence-corrected chi connectivity index (χ0v) is 6.65. The molecule has 0 aliphatic rings. The number of amides is 1. The number of carbonyl (C=O) groups excluding carboxylic acids is 1. The Labute approximate surface area is 68.8 Å². The lowest BCUT2D eigenvalue weighted by atomic mass is 10.3. The van der Waals surface area contributed by atoms with Crippen molar-refractivity contribution in [3.63, 3.8) is 0 Å². The SMILES string of the molecule is CCn1cnc(=O)c(C(N)=O)c1. The van der Waals surface area contributed by atoms with Gasteiger partial charge in [0.05, 0.1) is 6.33 Å². The fraction of sp³-hybridized carbons (Fsp3) is 0.286. The Balaban J connectivity index is 3.26. The van der Waals surface area contributed by atoms with Crippen LogP contribution in [-0.2, 0) is 6.54 Å². The lowest BCUT2D eigenvalue weighted by molar-refractivity contribution is 0.0998. The molecule has 64 valence electrons. The van der Waals surface area contributed by atoms with E-state index in [1.165, 1.54) is 12.5 Å². The highest BCUT2D eigenvalue weighted by molar-refractivity contribution is 5.91. The molecule has 0 radical (unpaired) electrons. The maximum atomic E-state index is 10.9. The van der Waals surface area contributed by atoms with E-state index in [-0.39, 0.29) is 5.56 Å². The fourth-order valence-corrected chi connectivity index (χ4v) is 0.792. The summed E-state index contributed by atoms with van der Waals surface area (Å²) in [5.41, 5.74) is 4.30. The molecule has 1 aromatic heterocycles. The average Bonchev–Trinajstić information content (AvgIpc) is 2.05. The van der Waals surface area contributed by atoms with E-state index in [0.717, 1.165) is 0 Å². The van der Waals surface area contributed by atoms with Crippen molar-refractivity contribution in [3.8, 4) is 0 Å². The summed E-state index contributed by atoms with van der Waals surface area (Å²) in [6, 6.07) is 0. The molecule has 5 nitrogen and oxygen atoms in total. The van der Waals surface area contributed by atoms with Gasteiger partial charge in [-0.15, -0.1) is 0 Å². The van der Waals surface area contributed by atoms with Crippen molar-refractivity contribution in [2.45, 2.75) is 13.5 Å². The van der Waals surface area contributed by atoms with E-state index < -0.39 is 11.5 Å². The van der Waals surface area contributed by atoms with Gasteiger partial charge in [-0.05, 0) is 6.92 Å². The highest BCUT2D eigenvalue weighted by atomic mass is 16.2. The third-order valence-corrected chi connectivity index (χ3v) is 1.48. The summed E-state index contributed by atoms with van der Waals surface area (Å²) in [6.45, 7) is 2.52. The highest BCUT2D eigenvalue weighted by Crippen LogP contribution is 1.88. The van der Waals surface area contributed by atoms with Crippen LogP contribution in [0.1, 0.15) is 17.3 Å². The third-order valence-electron chi connectivity index (χ3n) is 1.48. The van der Waals surface area contributed by atoms with E-state index in [9.17, 15) is 9.59 Å². The molecule has 0 unspecified atom stereocenters. The lowest BCUT2D eigenvalue weighted by Crippen LogP contribution is -2.25. The summed E-state index contributed by atoms with van der Waals surface area (Å²) >= 11 is 0. The predicted molar refractivity (Wildman–Crippen MR) is 42.7 cm³/mol. The van der Waals surface area contributed by atoms with E-state index in [1.807, 2.05) is 6.92 Å². The summed E-state index contributed by atoms with van der Waals surface area (Å²) < 4.78 is 1.61. The second kappa shape index (κ2) is 3.17. The first-order valence-electron chi connectivity index (χ1n) is 3.51. The number of carbonyl (C=O) groups is 1. The van der Waals surface area contributed by atoms with E-state index in [0.29, 0.717) is 6.54 Å². The van der Waals surface area contributed by atoms with Gasteiger partial charge >= 0.3 is 0 Å². The monoisotopic (exact) mass is 167 g/mol. The molecule has 5 heteroatoms. The summed E-state index contributed by atoms with van der Waals surface area (Å²) in [6.07, 6.45) is 2.77. The number of nitrogens with two attached hydrogens (primary N) is 1. The van der Waals surface area contributed by atoms with Crippen molar-refractivity contribution in [2.24, 2.45) is 5.73 Å². The van der Waals surface area contributed by atoms with Crippen LogP contribution in [0, 0.1) is 0 Å². The molecule has 1 amide bonds. The molecule has 1 aromatic rings. The number of nitrogens with zero attached hydrogens (tertiary/aromatic N) is 2. The Morgan fingerprint density at radius 3 is 2.92 bits per heavy atom. The van der Waals surface area contributed by atoms with Crippen LogP contribution in [0.3, 0.4) is 0 Å². The van der Waals surface area contributed by atoms with Gasteiger partial charge in [-0.25, -0.2) is 0 Å². The zero-order chi connectivity index (χ0) is 9.14. The molecule has 0 aliphatic carbocycles. The van der Waals surface area contributed by atoms with E-state index >= 15 is 0 Å². The minimum absolute atomic E-state index is 0.0700. The van der Waals surface area contributed by atoms with Crippen molar-refractivity contribution in [2.75, 3.05) is 0 Å². The Morgan fingerprint density at radius 1 is 1.75 bits per heavy atom. The molecule has 1 heterocycles. The molecule has 2 N–H and O–H groups in total. The van der Waals surface area contributed by atoms with Gasteiger partial charge < -0.3 is 10.3 Å². The van der Waals surface area contributed by atoms with Crippen LogP contribution >= 0.6 is 0 Å². The largest absolute Gasteiger partial charge is 0.365 e. The topological polar surface area (TPSA) is 78.0 Å². The first-order chi connectivity index (χ1) is 5.65. The van der Waals surface area contributed by atoms with Crippen LogP contribution in [0.15, 0.2) is 17.3 Å². The minimum Gasteiger partial charge on any atom is -0.365 e. The Hall–Kier alpha value is -1.65. The van der Waals surface area contributed by atoms with Gasteiger partial charge in [0.15, 0.2) is 0 Å². The zero-order valence-electron chi connectivity index (χ0n) is 6.65. The van der Waals surface area contributed by atoms with E-state index in [2.05, 4.69) is 4.98 Å². The minimum atomic E-state index is -0.740. The summed E-state index contributed by atoms with van der Waals surface area (Å²) in [5.74, 6) is -0.740. The number of hydrogen-bond donors (Lipinski definition) is 1. The van der Waals surface area contributed by atoms with Crippen molar-refractivity contribution < 1.29 is 4.79 Å². The smallest absolute Gasteiger partial charge is 0.285 e. The van der Waals surface area contributed by atoms with Crippen molar-refractivity contribution in [1.82, 2.24) is 9.55 Å². The molecule has 0 aromatic carbocycles. The maximum absolute atomic E-state index is 10.9. The van der Waals surface area contributed by atoms with Gasteiger partial charge in [-0.2, -0.15) is 4.98 Å². The Bertz CT molecular complexity index is 356. The van der Waals surface area contributed by atoms with Gasteiger partial charge in [0, 0.05) is 12.7 Å². The predicted octanol–water partition coefficient (Wildman–Crippen LogP) is -0.638. The van der Waals surface area contributed by atoms with Crippen molar-refractivity contribution >= 4 is 5.91 Å². The van der Waals surface area contributed by atoms with Crippen LogP contribution in [0.25, 0.3) is 0 Å².